The summed E-state index contributed by atoms with van der Waals surface area (Å²) in [6.45, 7) is 2.48. The minimum Gasteiger partial charge on any atom is -0.490 e. The van der Waals surface area contributed by atoms with Crippen molar-refractivity contribution in [2.75, 3.05) is 13.1 Å². The van der Waals surface area contributed by atoms with Crippen molar-refractivity contribution in [3.8, 4) is 5.75 Å². The van der Waals surface area contributed by atoms with Gasteiger partial charge in [0.2, 0.25) is 0 Å². The van der Waals surface area contributed by atoms with Gasteiger partial charge in [0.05, 0.1) is 12.0 Å². The highest BCUT2D eigenvalue weighted by Gasteiger charge is 2.27. The fourth-order valence-electron chi connectivity index (χ4n) is 4.46. The van der Waals surface area contributed by atoms with E-state index in [1.165, 1.54) is 0 Å². The van der Waals surface area contributed by atoms with Gasteiger partial charge < -0.3 is 20.5 Å². The van der Waals surface area contributed by atoms with E-state index in [1.54, 1.807) is 18.2 Å². The first-order valence-electron chi connectivity index (χ1n) is 12.0. The van der Waals surface area contributed by atoms with Gasteiger partial charge in [-0.2, -0.15) is 0 Å². The van der Waals surface area contributed by atoms with E-state index in [0.29, 0.717) is 55.6 Å². The molecule has 1 saturated carbocycles. The molecule has 3 N–H and O–H groups in total. The second-order valence-corrected chi connectivity index (χ2v) is 8.98. The number of hydrogen-bond acceptors (Lipinski definition) is 4. The molecule has 4 rings (SSSR count). The second-order valence-electron chi connectivity index (χ2n) is 8.98. The average molecular weight is 475 g/mol. The number of carbonyl (C=O) groups excluding carboxylic acids is 2. The third-order valence-electron chi connectivity index (χ3n) is 6.48. The van der Waals surface area contributed by atoms with E-state index < -0.39 is 5.97 Å². The van der Waals surface area contributed by atoms with Crippen molar-refractivity contribution >= 4 is 28.6 Å². The van der Waals surface area contributed by atoms with Crippen LogP contribution < -0.4 is 15.4 Å². The summed E-state index contributed by atoms with van der Waals surface area (Å²) in [5.74, 6) is -0.723. The summed E-state index contributed by atoms with van der Waals surface area (Å²) in [4.78, 5) is 36.2. The Hall–Kier alpha value is -3.87. The van der Waals surface area contributed by atoms with E-state index in [0.717, 1.165) is 16.3 Å². The number of nitrogens with one attached hydrogen (secondary N) is 2. The van der Waals surface area contributed by atoms with Crippen LogP contribution in [0.3, 0.4) is 0 Å². The van der Waals surface area contributed by atoms with Crippen LogP contribution in [0.1, 0.15) is 52.0 Å². The van der Waals surface area contributed by atoms with Crippen LogP contribution in [0.4, 0.5) is 0 Å². The second kappa shape index (κ2) is 11.0. The molecule has 1 aliphatic carbocycles. The molecule has 7 nitrogen and oxygen atoms in total. The van der Waals surface area contributed by atoms with Gasteiger partial charge in [0.1, 0.15) is 5.75 Å². The Balaban J connectivity index is 1.23. The Morgan fingerprint density at radius 3 is 2.23 bits per heavy atom. The van der Waals surface area contributed by atoms with Gasteiger partial charge >= 0.3 is 5.97 Å². The first kappa shape index (κ1) is 24.3. The Morgan fingerprint density at radius 2 is 1.54 bits per heavy atom. The van der Waals surface area contributed by atoms with Crippen LogP contribution in [0.25, 0.3) is 10.8 Å². The first-order chi connectivity index (χ1) is 16.9. The van der Waals surface area contributed by atoms with Crippen LogP contribution in [0.5, 0.6) is 5.75 Å². The first-order valence-corrected chi connectivity index (χ1v) is 12.0. The summed E-state index contributed by atoms with van der Waals surface area (Å²) in [6, 6.07) is 18.8. The van der Waals surface area contributed by atoms with Crippen LogP contribution in [0, 0.1) is 12.8 Å². The van der Waals surface area contributed by atoms with Crippen molar-refractivity contribution in [2.24, 2.45) is 5.92 Å². The molecule has 2 amide bonds. The number of hydrogen-bond donors (Lipinski definition) is 3. The van der Waals surface area contributed by atoms with Crippen LogP contribution in [0.15, 0.2) is 60.7 Å². The van der Waals surface area contributed by atoms with Gasteiger partial charge in [0.15, 0.2) is 0 Å². The number of ether oxygens (including phenoxy) is 1. The van der Waals surface area contributed by atoms with E-state index >= 15 is 0 Å². The summed E-state index contributed by atoms with van der Waals surface area (Å²) < 4.78 is 6.02. The van der Waals surface area contributed by atoms with E-state index in [-0.39, 0.29) is 23.8 Å². The fourth-order valence-corrected chi connectivity index (χ4v) is 4.46. The number of carbonyl (C=O) groups is 3. The normalized spacial score (nSPS) is 17.5. The lowest BCUT2D eigenvalue weighted by Crippen LogP contribution is -2.35. The van der Waals surface area contributed by atoms with Crippen molar-refractivity contribution in [1.29, 1.82) is 0 Å². The van der Waals surface area contributed by atoms with Crippen LogP contribution in [-0.2, 0) is 4.79 Å². The number of carboxylic acids is 1. The molecule has 0 saturated heterocycles. The molecule has 0 aliphatic heterocycles. The predicted molar refractivity (Wildman–Crippen MR) is 134 cm³/mol. The molecular formula is C28H30N2O5. The zero-order valence-corrected chi connectivity index (χ0v) is 19.8. The molecule has 0 heterocycles. The lowest BCUT2D eigenvalue weighted by molar-refractivity contribution is -0.143. The van der Waals surface area contributed by atoms with Gasteiger partial charge in [-0.25, -0.2) is 0 Å². The standard InChI is InChI=1S/C28H30N2O5/c1-18-16-24(35-23-10-8-20(9-11-23)28(33)34)12-13-25(18)27(32)30-15-14-29-26(31)22-7-6-19-4-2-3-5-21(19)17-22/h2-7,12-13,16-17,20,23H,8-11,14-15H2,1H3,(H,29,31)(H,30,32)(H,33,34). The lowest BCUT2D eigenvalue weighted by Gasteiger charge is -2.27. The fraction of sp³-hybridized carbons (Fsp3) is 0.321. The molecule has 0 atom stereocenters. The van der Waals surface area contributed by atoms with Crippen LogP contribution in [-0.4, -0.2) is 42.1 Å². The number of aliphatic carboxylic acids is 1. The van der Waals surface area contributed by atoms with Crippen LogP contribution in [0.2, 0.25) is 0 Å². The molecule has 1 aliphatic rings. The maximum Gasteiger partial charge on any atom is 0.306 e. The van der Waals surface area contributed by atoms with Crippen molar-refractivity contribution in [3.05, 3.63) is 77.4 Å². The average Bonchev–Trinajstić information content (AvgIpc) is 2.86. The van der Waals surface area contributed by atoms with Crippen molar-refractivity contribution < 1.29 is 24.2 Å². The van der Waals surface area contributed by atoms with Gasteiger partial charge in [0.25, 0.3) is 11.8 Å². The van der Waals surface area contributed by atoms with E-state index in [1.807, 2.05) is 49.4 Å². The maximum atomic E-state index is 12.6. The molecule has 0 spiro atoms. The van der Waals surface area contributed by atoms with Gasteiger partial charge in [-0.15, -0.1) is 0 Å². The maximum absolute atomic E-state index is 12.6. The summed E-state index contributed by atoms with van der Waals surface area (Å²) in [6.07, 6.45) is 2.66. The van der Waals surface area contributed by atoms with E-state index in [9.17, 15) is 14.4 Å². The molecule has 35 heavy (non-hydrogen) atoms. The number of fused-ring (bicyclic) bond motifs is 1. The van der Waals surface area contributed by atoms with E-state index in [4.69, 9.17) is 9.84 Å². The van der Waals surface area contributed by atoms with Crippen LogP contribution >= 0.6 is 0 Å². The van der Waals surface area contributed by atoms with E-state index in [2.05, 4.69) is 10.6 Å². The summed E-state index contributed by atoms with van der Waals surface area (Å²) in [5, 5.41) is 16.9. The number of amides is 2. The van der Waals surface area contributed by atoms with Crippen molar-refractivity contribution in [3.63, 3.8) is 0 Å². The van der Waals surface area contributed by atoms with Gasteiger partial charge in [0, 0.05) is 24.2 Å². The Kier molecular flexibility index (Phi) is 7.65. The van der Waals surface area contributed by atoms with Crippen molar-refractivity contribution in [2.45, 2.75) is 38.7 Å². The Bertz CT molecular complexity index is 1230. The molecule has 7 heteroatoms. The number of benzene rings is 3. The number of aryl methyl sites for hydroxylation is 1. The zero-order chi connectivity index (χ0) is 24.8. The Labute approximate surface area is 204 Å². The predicted octanol–water partition coefficient (Wildman–Crippen LogP) is 4.33. The molecule has 3 aromatic rings. The summed E-state index contributed by atoms with van der Waals surface area (Å²) >= 11 is 0. The highest BCUT2D eigenvalue weighted by Crippen LogP contribution is 2.28. The molecule has 182 valence electrons. The SMILES string of the molecule is Cc1cc(OC2CCC(C(=O)O)CC2)ccc1C(=O)NCCNC(=O)c1ccc2ccccc2c1. The number of rotatable bonds is 8. The minimum absolute atomic E-state index is 0.00380. The Morgan fingerprint density at radius 1 is 0.857 bits per heavy atom. The molecule has 0 radical (unpaired) electrons. The quantitative estimate of drug-likeness (QED) is 0.422. The third kappa shape index (κ3) is 6.18. The lowest BCUT2D eigenvalue weighted by atomic mass is 9.87. The zero-order valence-electron chi connectivity index (χ0n) is 19.8. The largest absolute Gasteiger partial charge is 0.490 e. The topological polar surface area (TPSA) is 105 Å². The molecule has 0 aromatic heterocycles. The highest BCUT2D eigenvalue weighted by atomic mass is 16.5. The monoisotopic (exact) mass is 474 g/mol. The van der Waals surface area contributed by atoms with Gasteiger partial charge in [-0.05, 0) is 79.3 Å². The molecular weight excluding hydrogens is 444 g/mol. The third-order valence-corrected chi connectivity index (χ3v) is 6.48. The molecule has 0 unspecified atom stereocenters. The number of carboxylic acid groups (broad SMARTS) is 1. The summed E-state index contributed by atoms with van der Waals surface area (Å²) in [5.41, 5.74) is 1.92. The smallest absolute Gasteiger partial charge is 0.306 e. The highest BCUT2D eigenvalue weighted by molar-refractivity contribution is 5.98. The minimum atomic E-state index is -0.733. The van der Waals surface area contributed by atoms with Gasteiger partial charge in [-0.1, -0.05) is 30.3 Å². The molecule has 0 bridgehead atoms. The molecule has 1 fully saturated rings. The van der Waals surface area contributed by atoms with Gasteiger partial charge in [-0.3, -0.25) is 14.4 Å². The molecule has 3 aromatic carbocycles. The summed E-state index contributed by atoms with van der Waals surface area (Å²) in [7, 11) is 0. The van der Waals surface area contributed by atoms with Crippen molar-refractivity contribution in [1.82, 2.24) is 10.6 Å².